The number of piperidine rings is 1. The lowest BCUT2D eigenvalue weighted by Gasteiger charge is -2.35. The maximum absolute atomic E-state index is 11.5. The van der Waals surface area contributed by atoms with Crippen LogP contribution in [0.1, 0.15) is 25.7 Å². The molecule has 3 aliphatic rings. The lowest BCUT2D eigenvalue weighted by molar-refractivity contribution is 0.0470. The zero-order valence-electron chi connectivity index (χ0n) is 15.6. The summed E-state index contributed by atoms with van der Waals surface area (Å²) in [5.74, 6) is 2.27. The summed E-state index contributed by atoms with van der Waals surface area (Å²) in [4.78, 5) is 15.7. The number of fused-ring (bicyclic) bond motifs is 1. The van der Waals surface area contributed by atoms with Crippen LogP contribution in [-0.2, 0) is 4.74 Å². The smallest absolute Gasteiger partial charge is 0.409 e. The van der Waals surface area contributed by atoms with Crippen LogP contribution in [0.3, 0.4) is 0 Å². The highest BCUT2D eigenvalue weighted by Gasteiger charge is 2.27. The van der Waals surface area contributed by atoms with E-state index in [0.717, 1.165) is 56.6 Å². The number of benzene rings is 1. The molecule has 0 aromatic heterocycles. The van der Waals surface area contributed by atoms with Gasteiger partial charge in [0.1, 0.15) is 19.3 Å². The van der Waals surface area contributed by atoms with Gasteiger partial charge in [0.15, 0.2) is 11.5 Å². The molecule has 3 aliphatic heterocycles. The Kier molecular flexibility index (Phi) is 5.93. The highest BCUT2D eigenvalue weighted by atomic mass is 35.5. The molecule has 2 fully saturated rings. The molecule has 1 unspecified atom stereocenters. The van der Waals surface area contributed by atoms with Crippen molar-refractivity contribution in [3.63, 3.8) is 0 Å². The number of halogens is 1. The Hall–Kier alpha value is -1.66. The lowest BCUT2D eigenvalue weighted by Crippen LogP contribution is -2.44. The fourth-order valence-corrected chi connectivity index (χ4v) is 4.29. The van der Waals surface area contributed by atoms with Gasteiger partial charge in [-0.3, -0.25) is 4.90 Å². The standard InChI is InChI=1S/C20H27ClN2O4/c21-16-3-4-18-19(12-16)27-17(14-26-18)13-22-8-5-15(6-9-22)2-1-7-23-10-11-25-20(23)24/h3-4,12,15,17H,1-2,5-11,13-14H2. The maximum atomic E-state index is 11.5. The molecule has 0 spiro atoms. The Morgan fingerprint density at radius 2 is 1.96 bits per heavy atom. The average Bonchev–Trinajstić information content (AvgIpc) is 3.08. The molecule has 6 nitrogen and oxygen atoms in total. The van der Waals surface area contributed by atoms with Crippen molar-refractivity contribution < 1.29 is 19.0 Å². The van der Waals surface area contributed by atoms with Crippen LogP contribution in [0.15, 0.2) is 18.2 Å². The summed E-state index contributed by atoms with van der Waals surface area (Å²) in [6.07, 6.45) is 4.57. The first-order valence-corrected chi connectivity index (χ1v) is 10.3. The van der Waals surface area contributed by atoms with Crippen molar-refractivity contribution in [2.45, 2.75) is 31.8 Å². The van der Waals surface area contributed by atoms with Crippen LogP contribution in [0, 0.1) is 5.92 Å². The highest BCUT2D eigenvalue weighted by Crippen LogP contribution is 2.34. The van der Waals surface area contributed by atoms with Crippen LogP contribution in [-0.4, -0.2) is 67.9 Å². The molecule has 1 amide bonds. The van der Waals surface area contributed by atoms with E-state index in [1.807, 2.05) is 23.1 Å². The van der Waals surface area contributed by atoms with Gasteiger partial charge in [-0.2, -0.15) is 0 Å². The largest absolute Gasteiger partial charge is 0.486 e. The van der Waals surface area contributed by atoms with Crippen molar-refractivity contribution in [3.8, 4) is 11.5 Å². The average molecular weight is 395 g/mol. The van der Waals surface area contributed by atoms with E-state index >= 15 is 0 Å². The SMILES string of the molecule is O=C1OCCN1CCCC1CCN(CC2COc3ccc(Cl)cc3O2)CC1. The predicted molar refractivity (Wildman–Crippen MR) is 103 cm³/mol. The van der Waals surface area contributed by atoms with E-state index in [2.05, 4.69) is 4.90 Å². The van der Waals surface area contributed by atoms with Gasteiger partial charge in [-0.05, 0) is 56.8 Å². The summed E-state index contributed by atoms with van der Waals surface area (Å²) in [6, 6.07) is 5.51. The molecule has 7 heteroatoms. The summed E-state index contributed by atoms with van der Waals surface area (Å²) < 4.78 is 16.9. The number of hydrogen-bond donors (Lipinski definition) is 0. The first-order valence-electron chi connectivity index (χ1n) is 9.90. The molecule has 4 rings (SSSR count). The zero-order chi connectivity index (χ0) is 18.6. The third-order valence-electron chi connectivity index (χ3n) is 5.68. The van der Waals surface area contributed by atoms with Gasteiger partial charge in [-0.25, -0.2) is 4.79 Å². The number of hydrogen-bond acceptors (Lipinski definition) is 5. The molecular formula is C20H27ClN2O4. The third kappa shape index (κ3) is 4.79. The molecule has 27 heavy (non-hydrogen) atoms. The molecular weight excluding hydrogens is 368 g/mol. The van der Waals surface area contributed by atoms with Crippen molar-refractivity contribution in [3.05, 3.63) is 23.2 Å². The number of likely N-dealkylation sites (tertiary alicyclic amines) is 1. The van der Waals surface area contributed by atoms with Gasteiger partial charge in [-0.15, -0.1) is 0 Å². The van der Waals surface area contributed by atoms with Gasteiger partial charge in [-0.1, -0.05) is 11.6 Å². The fraction of sp³-hybridized carbons (Fsp3) is 0.650. The minimum absolute atomic E-state index is 0.0497. The molecule has 148 valence electrons. The van der Waals surface area contributed by atoms with Crippen LogP contribution in [0.2, 0.25) is 5.02 Å². The van der Waals surface area contributed by atoms with Crippen LogP contribution in [0.25, 0.3) is 0 Å². The van der Waals surface area contributed by atoms with E-state index < -0.39 is 0 Å². The summed E-state index contributed by atoms with van der Waals surface area (Å²) in [5.41, 5.74) is 0. The van der Waals surface area contributed by atoms with Crippen molar-refractivity contribution in [1.82, 2.24) is 9.80 Å². The quantitative estimate of drug-likeness (QED) is 0.739. The maximum Gasteiger partial charge on any atom is 0.409 e. The second-order valence-electron chi connectivity index (χ2n) is 7.63. The van der Waals surface area contributed by atoms with Gasteiger partial charge >= 0.3 is 6.09 Å². The Morgan fingerprint density at radius 3 is 2.74 bits per heavy atom. The number of carbonyl (C=O) groups excluding carboxylic acids is 1. The number of amides is 1. The van der Waals surface area contributed by atoms with Gasteiger partial charge in [0.2, 0.25) is 0 Å². The Bertz CT molecular complexity index is 663. The summed E-state index contributed by atoms with van der Waals surface area (Å²) in [7, 11) is 0. The highest BCUT2D eigenvalue weighted by molar-refractivity contribution is 6.30. The van der Waals surface area contributed by atoms with Crippen LogP contribution < -0.4 is 9.47 Å². The van der Waals surface area contributed by atoms with E-state index in [-0.39, 0.29) is 12.2 Å². The van der Waals surface area contributed by atoms with Crippen LogP contribution >= 0.6 is 11.6 Å². The summed E-state index contributed by atoms with van der Waals surface area (Å²) in [6.45, 7) is 5.78. The molecule has 0 aliphatic carbocycles. The van der Waals surface area contributed by atoms with E-state index in [0.29, 0.717) is 18.2 Å². The molecule has 3 heterocycles. The number of carbonyl (C=O) groups is 1. The molecule has 2 saturated heterocycles. The fourth-order valence-electron chi connectivity index (χ4n) is 4.12. The lowest BCUT2D eigenvalue weighted by atomic mass is 9.92. The Balaban J connectivity index is 1.16. The number of rotatable bonds is 6. The van der Waals surface area contributed by atoms with Crippen LogP contribution in [0.5, 0.6) is 11.5 Å². The number of ether oxygens (including phenoxy) is 3. The molecule has 0 radical (unpaired) electrons. The molecule has 0 bridgehead atoms. The minimum Gasteiger partial charge on any atom is -0.486 e. The second kappa shape index (κ2) is 8.57. The van der Waals surface area contributed by atoms with Crippen molar-refractivity contribution >= 4 is 17.7 Å². The molecule has 1 aromatic carbocycles. The summed E-state index contributed by atoms with van der Waals surface area (Å²) in [5, 5.41) is 0.668. The number of cyclic esters (lactones) is 1. The molecule has 1 atom stereocenters. The first-order chi connectivity index (χ1) is 13.2. The zero-order valence-corrected chi connectivity index (χ0v) is 16.3. The third-order valence-corrected chi connectivity index (χ3v) is 5.91. The van der Waals surface area contributed by atoms with Crippen LogP contribution in [0.4, 0.5) is 4.79 Å². The van der Waals surface area contributed by atoms with Gasteiger partial charge in [0.25, 0.3) is 0 Å². The van der Waals surface area contributed by atoms with E-state index in [1.54, 1.807) is 0 Å². The number of nitrogens with zero attached hydrogens (tertiary/aromatic N) is 2. The van der Waals surface area contributed by atoms with Crippen molar-refractivity contribution in [2.24, 2.45) is 5.92 Å². The molecule has 0 N–H and O–H groups in total. The Morgan fingerprint density at radius 1 is 1.11 bits per heavy atom. The van der Waals surface area contributed by atoms with Gasteiger partial charge < -0.3 is 19.1 Å². The van der Waals surface area contributed by atoms with Crippen molar-refractivity contribution in [1.29, 1.82) is 0 Å². The normalized spacial score (nSPS) is 23.5. The minimum atomic E-state index is -0.151. The second-order valence-corrected chi connectivity index (χ2v) is 8.07. The van der Waals surface area contributed by atoms with Gasteiger partial charge in [0, 0.05) is 24.2 Å². The van der Waals surface area contributed by atoms with E-state index in [9.17, 15) is 4.79 Å². The summed E-state index contributed by atoms with van der Waals surface area (Å²) >= 11 is 6.05. The van der Waals surface area contributed by atoms with E-state index in [4.69, 9.17) is 25.8 Å². The molecule has 1 aromatic rings. The monoisotopic (exact) mass is 394 g/mol. The topological polar surface area (TPSA) is 51.2 Å². The molecule has 0 saturated carbocycles. The predicted octanol–water partition coefficient (Wildman–Crippen LogP) is 3.42. The first kappa shape index (κ1) is 18.7. The van der Waals surface area contributed by atoms with Crippen molar-refractivity contribution in [2.75, 3.05) is 45.9 Å². The van der Waals surface area contributed by atoms with E-state index in [1.165, 1.54) is 19.3 Å². The Labute approximate surface area is 165 Å². The van der Waals surface area contributed by atoms with Gasteiger partial charge in [0.05, 0.1) is 6.54 Å².